The lowest BCUT2D eigenvalue weighted by molar-refractivity contribution is 0.321. The Morgan fingerprint density at radius 1 is 1.14 bits per heavy atom. The lowest BCUT2D eigenvalue weighted by Gasteiger charge is -2.27. The van der Waals surface area contributed by atoms with Gasteiger partial charge in [-0.3, -0.25) is 15.0 Å². The van der Waals surface area contributed by atoms with E-state index in [9.17, 15) is 0 Å². The SMILES string of the molecule is C[C@@H]1CN2C(=N[C@@H](c3ccccn3)[C@@H]2c2ccncc2)S1. The van der Waals surface area contributed by atoms with Crippen LogP contribution in [0.2, 0.25) is 0 Å². The summed E-state index contributed by atoms with van der Waals surface area (Å²) >= 11 is 1.87. The molecule has 2 aromatic rings. The lowest BCUT2D eigenvalue weighted by atomic mass is 9.97. The summed E-state index contributed by atoms with van der Waals surface area (Å²) in [4.78, 5) is 16.0. The fourth-order valence-electron chi connectivity index (χ4n) is 3.04. The molecule has 106 valence electrons. The molecule has 0 N–H and O–H groups in total. The van der Waals surface area contributed by atoms with Gasteiger partial charge < -0.3 is 4.90 Å². The first-order valence-corrected chi connectivity index (χ1v) is 8.03. The highest BCUT2D eigenvalue weighted by molar-refractivity contribution is 8.14. The van der Waals surface area contributed by atoms with Gasteiger partial charge in [-0.25, -0.2) is 0 Å². The highest BCUT2D eigenvalue weighted by Crippen LogP contribution is 2.47. The zero-order valence-electron chi connectivity index (χ0n) is 11.8. The Bertz CT molecular complexity index is 658. The van der Waals surface area contributed by atoms with E-state index in [0.717, 1.165) is 17.4 Å². The Morgan fingerprint density at radius 3 is 2.76 bits per heavy atom. The highest BCUT2D eigenvalue weighted by Gasteiger charge is 2.43. The predicted octanol–water partition coefficient (Wildman–Crippen LogP) is 3.07. The minimum absolute atomic E-state index is 0.0728. The number of hydrogen-bond acceptors (Lipinski definition) is 5. The summed E-state index contributed by atoms with van der Waals surface area (Å²) in [6.45, 7) is 3.30. The number of nitrogens with zero attached hydrogens (tertiary/aromatic N) is 4. The predicted molar refractivity (Wildman–Crippen MR) is 85.2 cm³/mol. The molecule has 5 heteroatoms. The Balaban J connectivity index is 1.77. The van der Waals surface area contributed by atoms with Crippen molar-refractivity contribution in [2.24, 2.45) is 4.99 Å². The van der Waals surface area contributed by atoms with Crippen molar-refractivity contribution in [3.63, 3.8) is 0 Å². The molecule has 1 fully saturated rings. The van der Waals surface area contributed by atoms with E-state index in [1.54, 1.807) is 0 Å². The van der Waals surface area contributed by atoms with Crippen molar-refractivity contribution < 1.29 is 0 Å². The van der Waals surface area contributed by atoms with E-state index in [4.69, 9.17) is 4.99 Å². The van der Waals surface area contributed by atoms with E-state index >= 15 is 0 Å². The number of amidine groups is 1. The quantitative estimate of drug-likeness (QED) is 0.854. The van der Waals surface area contributed by atoms with Gasteiger partial charge in [-0.05, 0) is 29.8 Å². The molecule has 21 heavy (non-hydrogen) atoms. The van der Waals surface area contributed by atoms with E-state index in [1.807, 2.05) is 42.5 Å². The fourth-order valence-corrected chi connectivity index (χ4v) is 4.13. The molecule has 0 spiro atoms. The van der Waals surface area contributed by atoms with Gasteiger partial charge in [-0.1, -0.05) is 24.8 Å². The second-order valence-corrected chi connectivity index (χ2v) is 6.82. The number of thioether (sulfide) groups is 1. The summed E-state index contributed by atoms with van der Waals surface area (Å²) in [6, 6.07) is 10.5. The molecule has 4 heterocycles. The van der Waals surface area contributed by atoms with Gasteiger partial charge in [0.05, 0.1) is 11.7 Å². The van der Waals surface area contributed by atoms with E-state index in [0.29, 0.717) is 5.25 Å². The average molecular weight is 296 g/mol. The molecule has 2 aromatic heterocycles. The van der Waals surface area contributed by atoms with Crippen LogP contribution in [-0.4, -0.2) is 31.8 Å². The Kier molecular flexibility index (Phi) is 3.15. The van der Waals surface area contributed by atoms with Gasteiger partial charge in [0.15, 0.2) is 5.17 Å². The Morgan fingerprint density at radius 2 is 2.00 bits per heavy atom. The molecule has 1 saturated heterocycles. The van der Waals surface area contributed by atoms with Crippen molar-refractivity contribution in [3.05, 3.63) is 60.2 Å². The van der Waals surface area contributed by atoms with Gasteiger partial charge in [-0.2, -0.15) is 0 Å². The number of aliphatic imine (C=N–C) groups is 1. The third-order valence-electron chi connectivity index (χ3n) is 3.93. The molecule has 0 aliphatic carbocycles. The normalized spacial score (nSPS) is 27.6. The maximum absolute atomic E-state index is 4.95. The number of rotatable bonds is 2. The van der Waals surface area contributed by atoms with Crippen LogP contribution in [0.25, 0.3) is 0 Å². The van der Waals surface area contributed by atoms with E-state index in [-0.39, 0.29) is 12.1 Å². The first-order valence-electron chi connectivity index (χ1n) is 7.15. The molecule has 2 aliphatic rings. The zero-order valence-corrected chi connectivity index (χ0v) is 12.6. The number of aromatic nitrogens is 2. The van der Waals surface area contributed by atoms with Crippen LogP contribution in [0.3, 0.4) is 0 Å². The molecule has 0 radical (unpaired) electrons. The van der Waals surface area contributed by atoms with E-state index in [1.165, 1.54) is 5.56 Å². The van der Waals surface area contributed by atoms with Gasteiger partial charge in [0.25, 0.3) is 0 Å². The summed E-state index contributed by atoms with van der Waals surface area (Å²) < 4.78 is 0. The fraction of sp³-hybridized carbons (Fsp3) is 0.312. The molecule has 4 nitrogen and oxygen atoms in total. The second-order valence-electron chi connectivity index (χ2n) is 5.42. The number of pyridine rings is 2. The van der Waals surface area contributed by atoms with Crippen LogP contribution in [0.1, 0.15) is 30.3 Å². The molecule has 0 bridgehead atoms. The third-order valence-corrected chi connectivity index (χ3v) is 5.03. The van der Waals surface area contributed by atoms with Crippen molar-refractivity contribution in [3.8, 4) is 0 Å². The molecule has 3 atom stereocenters. The van der Waals surface area contributed by atoms with Crippen LogP contribution < -0.4 is 0 Å². The molecule has 0 aromatic carbocycles. The standard InChI is InChI=1S/C16H16N4S/c1-11-10-20-15(12-5-8-17-9-6-12)14(19-16(20)21-11)13-4-2-3-7-18-13/h2-9,11,14-15H,10H2,1H3/t11-,14+,15+/m1/s1. The second kappa shape index (κ2) is 5.15. The Labute approximate surface area is 128 Å². The molecular weight excluding hydrogens is 280 g/mol. The number of fused-ring (bicyclic) bond motifs is 1. The van der Waals surface area contributed by atoms with Crippen molar-refractivity contribution in [2.45, 2.75) is 24.3 Å². The van der Waals surface area contributed by atoms with Gasteiger partial charge in [0.1, 0.15) is 6.04 Å². The van der Waals surface area contributed by atoms with Crippen LogP contribution >= 0.6 is 11.8 Å². The minimum Gasteiger partial charge on any atom is -0.341 e. The van der Waals surface area contributed by atoms with E-state index in [2.05, 4.69) is 40.0 Å². The first kappa shape index (κ1) is 12.8. The van der Waals surface area contributed by atoms with Crippen molar-refractivity contribution >= 4 is 16.9 Å². The van der Waals surface area contributed by atoms with Crippen LogP contribution in [0.4, 0.5) is 0 Å². The van der Waals surface area contributed by atoms with Crippen LogP contribution in [0, 0.1) is 0 Å². The van der Waals surface area contributed by atoms with Crippen molar-refractivity contribution in [1.82, 2.24) is 14.9 Å². The highest BCUT2D eigenvalue weighted by atomic mass is 32.2. The molecule has 0 amide bonds. The van der Waals surface area contributed by atoms with Gasteiger partial charge in [-0.15, -0.1) is 0 Å². The molecular formula is C16H16N4S. The maximum atomic E-state index is 4.95. The summed E-state index contributed by atoms with van der Waals surface area (Å²) in [5.74, 6) is 0. The van der Waals surface area contributed by atoms with Crippen molar-refractivity contribution in [2.75, 3.05) is 6.54 Å². The third kappa shape index (κ3) is 2.21. The molecule has 0 unspecified atom stereocenters. The summed E-state index contributed by atoms with van der Waals surface area (Å²) in [5.41, 5.74) is 2.29. The topological polar surface area (TPSA) is 41.4 Å². The lowest BCUT2D eigenvalue weighted by Crippen LogP contribution is -2.28. The summed E-state index contributed by atoms with van der Waals surface area (Å²) in [5, 5.41) is 1.75. The summed E-state index contributed by atoms with van der Waals surface area (Å²) in [7, 11) is 0. The van der Waals surface area contributed by atoms with Crippen molar-refractivity contribution in [1.29, 1.82) is 0 Å². The Hall–Kier alpha value is -1.88. The van der Waals surface area contributed by atoms with Gasteiger partial charge in [0.2, 0.25) is 0 Å². The summed E-state index contributed by atoms with van der Waals surface area (Å²) in [6.07, 6.45) is 5.56. The van der Waals surface area contributed by atoms with Gasteiger partial charge in [0, 0.05) is 30.4 Å². The monoisotopic (exact) mass is 296 g/mol. The van der Waals surface area contributed by atoms with Gasteiger partial charge >= 0.3 is 0 Å². The van der Waals surface area contributed by atoms with E-state index < -0.39 is 0 Å². The van der Waals surface area contributed by atoms with Crippen LogP contribution in [0.5, 0.6) is 0 Å². The zero-order chi connectivity index (χ0) is 14.2. The van der Waals surface area contributed by atoms with Crippen LogP contribution in [-0.2, 0) is 0 Å². The average Bonchev–Trinajstić information content (AvgIpc) is 3.05. The molecule has 0 saturated carbocycles. The molecule has 2 aliphatic heterocycles. The first-order chi connectivity index (χ1) is 10.3. The smallest absolute Gasteiger partial charge is 0.160 e. The largest absolute Gasteiger partial charge is 0.341 e. The number of hydrogen-bond donors (Lipinski definition) is 0. The minimum atomic E-state index is 0.0728. The maximum Gasteiger partial charge on any atom is 0.160 e. The molecule has 4 rings (SSSR count). The van der Waals surface area contributed by atoms with Crippen LogP contribution in [0.15, 0.2) is 53.9 Å².